The number of amides is 3. The van der Waals surface area contributed by atoms with Crippen LogP contribution in [0.15, 0.2) is 42.1 Å². The number of aromatic nitrogens is 3. The average molecular weight is 394 g/mol. The molecule has 3 amide bonds. The van der Waals surface area contributed by atoms with Gasteiger partial charge in [-0.25, -0.2) is 4.79 Å². The number of carbonyl (C=O) groups is 2. The minimum absolute atomic E-state index is 0.0510. The number of benzene rings is 1. The van der Waals surface area contributed by atoms with Crippen molar-refractivity contribution in [2.24, 2.45) is 0 Å². The van der Waals surface area contributed by atoms with Crippen molar-refractivity contribution in [2.75, 3.05) is 12.3 Å². The van der Waals surface area contributed by atoms with Crippen molar-refractivity contribution >= 4 is 35.3 Å². The van der Waals surface area contributed by atoms with E-state index >= 15 is 0 Å². The van der Waals surface area contributed by atoms with Gasteiger partial charge >= 0.3 is 6.03 Å². The van der Waals surface area contributed by atoms with Crippen LogP contribution in [0.2, 0.25) is 5.02 Å². The van der Waals surface area contributed by atoms with E-state index in [-0.39, 0.29) is 5.75 Å². The molecule has 0 aliphatic rings. The molecule has 138 valence electrons. The lowest BCUT2D eigenvalue weighted by atomic mass is 10.2. The fourth-order valence-corrected chi connectivity index (χ4v) is 2.95. The van der Waals surface area contributed by atoms with E-state index < -0.39 is 11.9 Å². The van der Waals surface area contributed by atoms with Crippen molar-refractivity contribution in [3.05, 3.63) is 41.9 Å². The van der Waals surface area contributed by atoms with E-state index in [9.17, 15) is 9.59 Å². The molecule has 0 aliphatic heterocycles. The highest BCUT2D eigenvalue weighted by Crippen LogP contribution is 2.25. The fourth-order valence-electron chi connectivity index (χ4n) is 2.08. The normalized spacial score (nSPS) is 10.4. The van der Waals surface area contributed by atoms with E-state index in [1.165, 1.54) is 11.8 Å². The van der Waals surface area contributed by atoms with Crippen molar-refractivity contribution in [3.63, 3.8) is 0 Å². The lowest BCUT2D eigenvalue weighted by Crippen LogP contribution is -2.40. The first-order valence-corrected chi connectivity index (χ1v) is 9.42. The number of nitrogens with zero attached hydrogens (tertiary/aromatic N) is 3. The van der Waals surface area contributed by atoms with Crippen molar-refractivity contribution in [3.8, 4) is 11.4 Å². The summed E-state index contributed by atoms with van der Waals surface area (Å²) in [6.45, 7) is 6.69. The van der Waals surface area contributed by atoms with Crippen LogP contribution in [-0.4, -0.2) is 39.0 Å². The standard InChI is InChI=1S/C17H20ClN5O2S/c1-3-9-19-16(25)20-14(24)11-26-17-22-21-15(23(17)10-4-2)12-5-7-13(18)8-6-12/h4-8H,2-3,9-11H2,1H3,(H2,19,20,24,25). The SMILES string of the molecule is C=CCn1c(SCC(=O)NC(=O)NCCC)nnc1-c1ccc(Cl)cc1. The molecule has 2 N–H and O–H groups in total. The number of thioether (sulfide) groups is 1. The van der Waals surface area contributed by atoms with Gasteiger partial charge in [-0.2, -0.15) is 0 Å². The monoisotopic (exact) mass is 393 g/mol. The first-order valence-electron chi connectivity index (χ1n) is 8.05. The van der Waals surface area contributed by atoms with Crippen molar-refractivity contribution in [1.82, 2.24) is 25.4 Å². The lowest BCUT2D eigenvalue weighted by molar-refractivity contribution is -0.117. The van der Waals surface area contributed by atoms with Crippen LogP contribution in [0.5, 0.6) is 0 Å². The summed E-state index contributed by atoms with van der Waals surface area (Å²) in [6.07, 6.45) is 2.53. The van der Waals surface area contributed by atoms with Gasteiger partial charge in [0.1, 0.15) is 0 Å². The quantitative estimate of drug-likeness (QED) is 0.531. The van der Waals surface area contributed by atoms with E-state index in [4.69, 9.17) is 11.6 Å². The number of hydrogen-bond donors (Lipinski definition) is 2. The molecule has 0 bridgehead atoms. The highest BCUT2D eigenvalue weighted by molar-refractivity contribution is 7.99. The van der Waals surface area contributed by atoms with Gasteiger partial charge in [0.25, 0.3) is 0 Å². The summed E-state index contributed by atoms with van der Waals surface area (Å²) in [6, 6.07) is 6.76. The van der Waals surface area contributed by atoms with Crippen LogP contribution in [0.25, 0.3) is 11.4 Å². The molecule has 0 unspecified atom stereocenters. The molecule has 9 heteroatoms. The molecular weight excluding hydrogens is 374 g/mol. The summed E-state index contributed by atoms with van der Waals surface area (Å²) >= 11 is 7.13. The molecule has 26 heavy (non-hydrogen) atoms. The topological polar surface area (TPSA) is 88.9 Å². The molecule has 1 heterocycles. The Morgan fingerprint density at radius 1 is 1.31 bits per heavy atom. The van der Waals surface area contributed by atoms with Gasteiger partial charge in [0, 0.05) is 23.7 Å². The van der Waals surface area contributed by atoms with Crippen molar-refractivity contribution < 1.29 is 9.59 Å². The van der Waals surface area contributed by atoms with E-state index in [0.29, 0.717) is 29.1 Å². The smallest absolute Gasteiger partial charge is 0.321 e. The molecule has 0 aliphatic carbocycles. The minimum Gasteiger partial charge on any atom is -0.338 e. The molecule has 2 aromatic rings. The Balaban J connectivity index is 2.05. The van der Waals surface area contributed by atoms with Gasteiger partial charge in [0.2, 0.25) is 5.91 Å². The Hall–Kier alpha value is -2.32. The summed E-state index contributed by atoms with van der Waals surface area (Å²) in [4.78, 5) is 23.4. The van der Waals surface area contributed by atoms with Crippen LogP contribution in [-0.2, 0) is 11.3 Å². The molecular formula is C17H20ClN5O2S. The zero-order valence-electron chi connectivity index (χ0n) is 14.4. The number of nitrogens with one attached hydrogen (secondary N) is 2. The Kier molecular flexibility index (Phi) is 7.68. The Morgan fingerprint density at radius 3 is 2.69 bits per heavy atom. The maximum Gasteiger partial charge on any atom is 0.321 e. The molecule has 0 saturated heterocycles. The lowest BCUT2D eigenvalue weighted by Gasteiger charge is -2.08. The van der Waals surface area contributed by atoms with Crippen LogP contribution in [0.1, 0.15) is 13.3 Å². The van der Waals surface area contributed by atoms with Crippen molar-refractivity contribution in [1.29, 1.82) is 0 Å². The maximum absolute atomic E-state index is 11.9. The Labute approximate surface area is 161 Å². The number of allylic oxidation sites excluding steroid dienone is 1. The maximum atomic E-state index is 11.9. The van der Waals surface area contributed by atoms with Crippen LogP contribution < -0.4 is 10.6 Å². The second-order valence-corrected chi connectivity index (χ2v) is 6.68. The zero-order valence-corrected chi connectivity index (χ0v) is 15.9. The molecule has 7 nitrogen and oxygen atoms in total. The predicted octanol–water partition coefficient (Wildman–Crippen LogP) is 3.11. The Morgan fingerprint density at radius 2 is 2.04 bits per heavy atom. The third-order valence-corrected chi connectivity index (χ3v) is 4.47. The van der Waals surface area contributed by atoms with Crippen LogP contribution in [0.3, 0.4) is 0 Å². The van der Waals surface area contributed by atoms with Gasteiger partial charge in [-0.3, -0.25) is 14.7 Å². The van der Waals surface area contributed by atoms with Crippen molar-refractivity contribution in [2.45, 2.75) is 25.0 Å². The largest absolute Gasteiger partial charge is 0.338 e. The molecule has 1 aromatic carbocycles. The van der Waals surface area contributed by atoms with Crippen LogP contribution >= 0.6 is 23.4 Å². The van der Waals surface area contributed by atoms with Crippen LogP contribution in [0, 0.1) is 0 Å². The first-order chi connectivity index (χ1) is 12.5. The zero-order chi connectivity index (χ0) is 18.9. The molecule has 0 atom stereocenters. The van der Waals surface area contributed by atoms with Gasteiger partial charge in [0.05, 0.1) is 5.75 Å². The molecule has 0 spiro atoms. The number of halogens is 1. The molecule has 1 aromatic heterocycles. The van der Waals surface area contributed by atoms with E-state index in [0.717, 1.165) is 12.0 Å². The molecule has 2 rings (SSSR count). The predicted molar refractivity (Wildman–Crippen MR) is 103 cm³/mol. The summed E-state index contributed by atoms with van der Waals surface area (Å²) < 4.78 is 1.85. The Bertz CT molecular complexity index is 776. The van der Waals surface area contributed by atoms with Crippen LogP contribution in [0.4, 0.5) is 4.79 Å². The van der Waals surface area contributed by atoms with E-state index in [1.54, 1.807) is 18.2 Å². The van der Waals surface area contributed by atoms with Gasteiger partial charge in [-0.15, -0.1) is 16.8 Å². The van der Waals surface area contributed by atoms with Gasteiger partial charge in [-0.1, -0.05) is 36.4 Å². The highest BCUT2D eigenvalue weighted by atomic mass is 35.5. The van der Waals surface area contributed by atoms with E-state index in [1.807, 2.05) is 23.6 Å². The summed E-state index contributed by atoms with van der Waals surface area (Å²) in [5.74, 6) is 0.310. The highest BCUT2D eigenvalue weighted by Gasteiger charge is 2.15. The summed E-state index contributed by atoms with van der Waals surface area (Å²) in [5, 5.41) is 14.4. The number of rotatable bonds is 8. The van der Waals surface area contributed by atoms with Gasteiger partial charge in [0.15, 0.2) is 11.0 Å². The summed E-state index contributed by atoms with van der Waals surface area (Å²) in [5.41, 5.74) is 0.860. The third-order valence-electron chi connectivity index (χ3n) is 3.25. The fraction of sp³-hybridized carbons (Fsp3) is 0.294. The third kappa shape index (κ3) is 5.60. The summed E-state index contributed by atoms with van der Waals surface area (Å²) in [7, 11) is 0. The number of carbonyl (C=O) groups excluding carboxylic acids is 2. The number of urea groups is 1. The van der Waals surface area contributed by atoms with Gasteiger partial charge in [-0.05, 0) is 30.7 Å². The van der Waals surface area contributed by atoms with Gasteiger partial charge < -0.3 is 5.32 Å². The molecule has 0 radical (unpaired) electrons. The molecule has 0 saturated carbocycles. The first kappa shape index (κ1) is 20.0. The molecule has 0 fully saturated rings. The second kappa shape index (κ2) is 9.98. The second-order valence-electron chi connectivity index (χ2n) is 5.31. The average Bonchev–Trinajstić information content (AvgIpc) is 3.02. The number of imide groups is 1. The van der Waals surface area contributed by atoms with E-state index in [2.05, 4.69) is 27.4 Å². The number of hydrogen-bond acceptors (Lipinski definition) is 5. The minimum atomic E-state index is -0.494.